The summed E-state index contributed by atoms with van der Waals surface area (Å²) in [5.41, 5.74) is 2.48. The Morgan fingerprint density at radius 3 is 2.43 bits per heavy atom. The van der Waals surface area contributed by atoms with Gasteiger partial charge in [0.2, 0.25) is 0 Å². The highest BCUT2D eigenvalue weighted by Crippen LogP contribution is 2.40. The lowest BCUT2D eigenvalue weighted by Crippen LogP contribution is -2.06. The average Bonchev–Trinajstić information content (AvgIpc) is 3.14. The lowest BCUT2D eigenvalue weighted by atomic mass is 9.99. The van der Waals surface area contributed by atoms with Crippen molar-refractivity contribution < 1.29 is 13.2 Å². The van der Waals surface area contributed by atoms with E-state index in [1.165, 1.54) is 29.3 Å². The summed E-state index contributed by atoms with van der Waals surface area (Å²) in [4.78, 5) is 9.33. The minimum absolute atomic E-state index is 0.138. The van der Waals surface area contributed by atoms with Crippen LogP contribution in [0.5, 0.6) is 0 Å². The van der Waals surface area contributed by atoms with Crippen molar-refractivity contribution in [3.63, 3.8) is 0 Å². The first-order chi connectivity index (χ1) is 14.2. The van der Waals surface area contributed by atoms with Gasteiger partial charge in [-0.25, -0.2) is 9.97 Å². The number of benzene rings is 2. The summed E-state index contributed by atoms with van der Waals surface area (Å²) in [6.45, 7) is 4.26. The SMILES string of the molecule is CC(C)c1ccc(-c2csc3ncnc(Nc4cc(C(F)(F)F)ccc4Cl)c23)cc1. The third kappa shape index (κ3) is 4.00. The number of nitrogens with one attached hydrogen (secondary N) is 1. The number of anilines is 2. The summed E-state index contributed by atoms with van der Waals surface area (Å²) in [6, 6.07) is 11.4. The van der Waals surface area contributed by atoms with E-state index in [9.17, 15) is 13.2 Å². The molecule has 30 heavy (non-hydrogen) atoms. The fourth-order valence-electron chi connectivity index (χ4n) is 3.15. The average molecular weight is 448 g/mol. The second-order valence-electron chi connectivity index (χ2n) is 7.15. The molecule has 0 saturated carbocycles. The van der Waals surface area contributed by atoms with E-state index in [1.807, 2.05) is 17.5 Å². The van der Waals surface area contributed by atoms with Crippen molar-refractivity contribution in [1.82, 2.24) is 9.97 Å². The fourth-order valence-corrected chi connectivity index (χ4v) is 4.24. The van der Waals surface area contributed by atoms with Crippen molar-refractivity contribution in [2.75, 3.05) is 5.32 Å². The zero-order valence-electron chi connectivity index (χ0n) is 16.1. The molecule has 154 valence electrons. The number of aromatic nitrogens is 2. The van der Waals surface area contributed by atoms with E-state index in [-0.39, 0.29) is 10.7 Å². The molecule has 8 heteroatoms. The van der Waals surface area contributed by atoms with E-state index >= 15 is 0 Å². The molecule has 4 rings (SSSR count). The zero-order valence-corrected chi connectivity index (χ0v) is 17.7. The highest BCUT2D eigenvalue weighted by Gasteiger charge is 2.31. The summed E-state index contributed by atoms with van der Waals surface area (Å²) < 4.78 is 39.4. The zero-order chi connectivity index (χ0) is 21.5. The molecule has 2 heterocycles. The molecule has 0 spiro atoms. The highest BCUT2D eigenvalue weighted by molar-refractivity contribution is 7.17. The standard InChI is InChI=1S/C22H17ClF3N3S/c1-12(2)13-3-5-14(6-4-13)16-10-30-21-19(16)20(27-11-28-21)29-18-9-15(22(24,25)26)7-8-17(18)23/h3-12H,1-2H3,(H,27,28,29). The number of halogens is 4. The Balaban J connectivity index is 1.79. The Bertz CT molecular complexity index is 1200. The van der Waals surface area contributed by atoms with Gasteiger partial charge in [-0.2, -0.15) is 13.2 Å². The van der Waals surface area contributed by atoms with Crippen LogP contribution in [-0.2, 0) is 6.18 Å². The highest BCUT2D eigenvalue weighted by atomic mass is 35.5. The molecule has 0 aliphatic heterocycles. The number of fused-ring (bicyclic) bond motifs is 1. The summed E-state index contributed by atoms with van der Waals surface area (Å²) >= 11 is 7.61. The number of hydrogen-bond acceptors (Lipinski definition) is 4. The predicted octanol–water partition coefficient (Wildman–Crippen LogP) is 7.90. The lowest BCUT2D eigenvalue weighted by Gasteiger charge is -2.13. The summed E-state index contributed by atoms with van der Waals surface area (Å²) in [5, 5.41) is 5.87. The van der Waals surface area contributed by atoms with E-state index in [2.05, 4.69) is 41.3 Å². The molecular formula is C22H17ClF3N3S. The second kappa shape index (κ2) is 7.89. The number of alkyl halides is 3. The fraction of sp³-hybridized carbons (Fsp3) is 0.182. The Morgan fingerprint density at radius 1 is 1.03 bits per heavy atom. The van der Waals surface area contributed by atoms with Gasteiger partial charge in [-0.3, -0.25) is 0 Å². The van der Waals surface area contributed by atoms with Crippen molar-refractivity contribution in [3.05, 3.63) is 70.3 Å². The van der Waals surface area contributed by atoms with E-state index in [4.69, 9.17) is 11.6 Å². The van der Waals surface area contributed by atoms with Crippen molar-refractivity contribution >= 4 is 44.7 Å². The molecule has 0 amide bonds. The second-order valence-corrected chi connectivity index (χ2v) is 8.41. The summed E-state index contributed by atoms with van der Waals surface area (Å²) in [6.07, 6.45) is -3.08. The van der Waals surface area contributed by atoms with Crippen LogP contribution in [0.4, 0.5) is 24.7 Å². The first kappa shape index (κ1) is 20.6. The molecule has 3 nitrogen and oxygen atoms in total. The topological polar surface area (TPSA) is 37.8 Å². The Hall–Kier alpha value is -2.64. The molecule has 4 aromatic rings. The van der Waals surface area contributed by atoms with Gasteiger partial charge in [0, 0.05) is 10.9 Å². The third-order valence-corrected chi connectivity index (χ3v) is 6.02. The van der Waals surface area contributed by atoms with Crippen molar-refractivity contribution in [2.24, 2.45) is 0 Å². The minimum atomic E-state index is -4.46. The van der Waals surface area contributed by atoms with Crippen LogP contribution >= 0.6 is 22.9 Å². The smallest absolute Gasteiger partial charge is 0.338 e. The van der Waals surface area contributed by atoms with Crippen molar-refractivity contribution in [3.8, 4) is 11.1 Å². The quantitative estimate of drug-likeness (QED) is 0.345. The van der Waals surface area contributed by atoms with Crippen LogP contribution < -0.4 is 5.32 Å². The molecule has 2 aromatic heterocycles. The maximum atomic E-state index is 13.1. The number of rotatable bonds is 4. The van der Waals surface area contributed by atoms with Crippen LogP contribution in [-0.4, -0.2) is 9.97 Å². The molecule has 0 bridgehead atoms. The van der Waals surface area contributed by atoms with Crippen LogP contribution in [0.15, 0.2) is 54.2 Å². The van der Waals surface area contributed by atoms with Gasteiger partial charge < -0.3 is 5.32 Å². The molecule has 0 aliphatic carbocycles. The molecule has 1 N–H and O–H groups in total. The summed E-state index contributed by atoms with van der Waals surface area (Å²) in [5.74, 6) is 0.826. The van der Waals surface area contributed by atoms with Crippen LogP contribution in [0, 0.1) is 0 Å². The van der Waals surface area contributed by atoms with Gasteiger partial charge in [0.25, 0.3) is 0 Å². The molecule has 0 aliphatic rings. The van der Waals surface area contributed by atoms with Gasteiger partial charge in [0.05, 0.1) is 21.7 Å². The normalized spacial score (nSPS) is 12.0. The monoisotopic (exact) mass is 447 g/mol. The molecule has 0 fully saturated rings. The lowest BCUT2D eigenvalue weighted by molar-refractivity contribution is -0.137. The van der Waals surface area contributed by atoms with Gasteiger partial charge in [-0.15, -0.1) is 11.3 Å². The molecule has 0 saturated heterocycles. The van der Waals surface area contributed by atoms with Crippen LogP contribution in [0.25, 0.3) is 21.3 Å². The van der Waals surface area contributed by atoms with Crippen LogP contribution in [0.1, 0.15) is 30.9 Å². The van der Waals surface area contributed by atoms with E-state index in [0.29, 0.717) is 11.7 Å². The van der Waals surface area contributed by atoms with E-state index < -0.39 is 11.7 Å². The number of hydrogen-bond donors (Lipinski definition) is 1. The van der Waals surface area contributed by atoms with Gasteiger partial charge in [-0.1, -0.05) is 49.7 Å². The molecule has 0 atom stereocenters. The predicted molar refractivity (Wildman–Crippen MR) is 117 cm³/mol. The van der Waals surface area contributed by atoms with Crippen LogP contribution in [0.2, 0.25) is 5.02 Å². The number of thiophene rings is 1. The Kier molecular flexibility index (Phi) is 5.42. The Morgan fingerprint density at radius 2 is 1.77 bits per heavy atom. The number of nitrogens with zero attached hydrogens (tertiary/aromatic N) is 2. The van der Waals surface area contributed by atoms with Gasteiger partial charge >= 0.3 is 6.18 Å². The maximum Gasteiger partial charge on any atom is 0.416 e. The molecular weight excluding hydrogens is 431 g/mol. The van der Waals surface area contributed by atoms with Gasteiger partial charge in [0.1, 0.15) is 17.0 Å². The summed E-state index contributed by atoms with van der Waals surface area (Å²) in [7, 11) is 0. The van der Waals surface area contributed by atoms with Gasteiger partial charge in [0.15, 0.2) is 0 Å². The van der Waals surface area contributed by atoms with E-state index in [0.717, 1.165) is 33.5 Å². The van der Waals surface area contributed by atoms with Gasteiger partial charge in [-0.05, 0) is 35.2 Å². The first-order valence-corrected chi connectivity index (χ1v) is 10.5. The largest absolute Gasteiger partial charge is 0.416 e. The van der Waals surface area contributed by atoms with Crippen molar-refractivity contribution in [2.45, 2.75) is 25.9 Å². The van der Waals surface area contributed by atoms with Crippen LogP contribution in [0.3, 0.4) is 0 Å². The minimum Gasteiger partial charge on any atom is -0.338 e. The molecule has 0 unspecified atom stereocenters. The third-order valence-electron chi connectivity index (χ3n) is 4.81. The first-order valence-electron chi connectivity index (χ1n) is 9.20. The molecule has 0 radical (unpaired) electrons. The van der Waals surface area contributed by atoms with Crippen molar-refractivity contribution in [1.29, 1.82) is 0 Å². The van der Waals surface area contributed by atoms with E-state index in [1.54, 1.807) is 0 Å². The Labute approximate surface area is 180 Å². The maximum absolute atomic E-state index is 13.1. The molecule has 2 aromatic carbocycles.